The van der Waals surface area contributed by atoms with Gasteiger partial charge in [0, 0.05) is 13.0 Å². The van der Waals surface area contributed by atoms with Gasteiger partial charge in [0.1, 0.15) is 11.3 Å². The maximum Gasteiger partial charge on any atom is 0.420 e. The molecule has 1 unspecified atom stereocenters. The summed E-state index contributed by atoms with van der Waals surface area (Å²) in [7, 11) is 0. The van der Waals surface area contributed by atoms with Gasteiger partial charge in [0.25, 0.3) is 0 Å². The minimum absolute atomic E-state index is 0.0560. The number of carboxylic acid groups (broad SMARTS) is 1. The number of carbonyl (C=O) groups is 1. The number of likely N-dealkylation sites (tertiary alicyclic amines) is 1. The van der Waals surface area contributed by atoms with Crippen LogP contribution in [-0.4, -0.2) is 41.7 Å². The lowest BCUT2D eigenvalue weighted by atomic mass is 9.89. The Labute approximate surface area is 205 Å². The zero-order chi connectivity index (χ0) is 25.0. The number of nitrogens with zero attached hydrogens (tertiary/aromatic N) is 1. The molecule has 2 aliphatic rings. The highest BCUT2D eigenvalue weighted by molar-refractivity contribution is 5.89. The van der Waals surface area contributed by atoms with E-state index in [2.05, 4.69) is 11.8 Å². The summed E-state index contributed by atoms with van der Waals surface area (Å²) in [6, 6.07) is 8.57. The average Bonchev–Trinajstić information content (AvgIpc) is 2.79. The largest absolute Gasteiger partial charge is 0.490 e. The molecular weight excluding hydrogens is 455 g/mol. The van der Waals surface area contributed by atoms with E-state index in [1.807, 2.05) is 6.07 Å². The first-order valence-electron chi connectivity index (χ1n) is 12.9. The average molecular weight is 492 g/mol. The Bertz CT molecular complexity index is 1010. The quantitative estimate of drug-likeness (QED) is 0.435. The lowest BCUT2D eigenvalue weighted by molar-refractivity contribution is -0.139. The molecule has 1 atom stereocenters. The van der Waals surface area contributed by atoms with Crippen LogP contribution in [0.25, 0.3) is 10.8 Å². The molecule has 4 rings (SSSR count). The fourth-order valence-electron chi connectivity index (χ4n) is 5.69. The van der Waals surface area contributed by atoms with Gasteiger partial charge in [-0.2, -0.15) is 13.2 Å². The summed E-state index contributed by atoms with van der Waals surface area (Å²) in [6.07, 6.45) is 2.53. The van der Waals surface area contributed by atoms with Crippen LogP contribution in [0.4, 0.5) is 13.2 Å². The van der Waals surface area contributed by atoms with Crippen LogP contribution in [0.15, 0.2) is 30.3 Å². The van der Waals surface area contributed by atoms with Gasteiger partial charge >= 0.3 is 12.1 Å². The van der Waals surface area contributed by atoms with Crippen LogP contribution >= 0.6 is 0 Å². The maximum absolute atomic E-state index is 14.2. The van der Waals surface area contributed by atoms with Crippen molar-refractivity contribution in [3.05, 3.63) is 41.5 Å². The van der Waals surface area contributed by atoms with Gasteiger partial charge in [-0.3, -0.25) is 4.79 Å². The highest BCUT2D eigenvalue weighted by atomic mass is 19.4. The summed E-state index contributed by atoms with van der Waals surface area (Å²) < 4.78 is 48.6. The van der Waals surface area contributed by atoms with Gasteiger partial charge in [-0.25, -0.2) is 0 Å². The first kappa shape index (κ1) is 25.8. The van der Waals surface area contributed by atoms with Crippen molar-refractivity contribution >= 4 is 16.7 Å². The molecule has 1 heterocycles. The van der Waals surface area contributed by atoms with Crippen molar-refractivity contribution in [3.8, 4) is 5.75 Å². The molecule has 2 fully saturated rings. The van der Waals surface area contributed by atoms with Crippen LogP contribution in [0, 0.1) is 11.8 Å². The molecule has 0 radical (unpaired) electrons. The van der Waals surface area contributed by atoms with Gasteiger partial charge < -0.3 is 14.7 Å². The van der Waals surface area contributed by atoms with Gasteiger partial charge in [0.2, 0.25) is 0 Å². The van der Waals surface area contributed by atoms with Crippen molar-refractivity contribution in [1.82, 2.24) is 4.90 Å². The molecule has 1 saturated heterocycles. The zero-order valence-electron chi connectivity index (χ0n) is 20.4. The van der Waals surface area contributed by atoms with Gasteiger partial charge in [-0.15, -0.1) is 0 Å². The van der Waals surface area contributed by atoms with E-state index in [-0.39, 0.29) is 29.6 Å². The van der Waals surface area contributed by atoms with Crippen LogP contribution in [0.5, 0.6) is 5.75 Å². The number of aryl methyl sites for hydroxylation is 1. The maximum atomic E-state index is 14.2. The summed E-state index contributed by atoms with van der Waals surface area (Å²) in [5, 5.41) is 9.83. The van der Waals surface area contributed by atoms with Crippen LogP contribution in [-0.2, 0) is 17.4 Å². The van der Waals surface area contributed by atoms with Crippen molar-refractivity contribution in [2.45, 2.75) is 77.0 Å². The van der Waals surface area contributed by atoms with E-state index in [0.29, 0.717) is 17.7 Å². The Morgan fingerprint density at radius 3 is 2.57 bits per heavy atom. The Kier molecular flexibility index (Phi) is 8.25. The summed E-state index contributed by atoms with van der Waals surface area (Å²) >= 11 is 0. The van der Waals surface area contributed by atoms with Crippen molar-refractivity contribution in [2.24, 2.45) is 11.8 Å². The normalized spacial score (nSPS) is 23.9. The standard InChI is InChI=1S/C28H36F3NO3/c1-19-6-11-23(12-7-19)35-25-13-10-22-9-8-20(16-24(22)27(25)28(29,30)31)4-2-14-32-15-3-5-21(18-32)17-26(33)34/h8-10,13,16,19,21,23H,2-7,11-12,14-15,17-18H2,1H3,(H,33,34). The van der Waals surface area contributed by atoms with Crippen LogP contribution < -0.4 is 4.74 Å². The number of carboxylic acids is 1. The Morgan fingerprint density at radius 2 is 1.86 bits per heavy atom. The summed E-state index contributed by atoms with van der Waals surface area (Å²) in [4.78, 5) is 13.3. The molecule has 2 aromatic rings. The number of aliphatic carboxylic acids is 1. The second kappa shape index (κ2) is 11.2. The number of hydrogen-bond donors (Lipinski definition) is 1. The van der Waals surface area contributed by atoms with E-state index >= 15 is 0 Å². The molecule has 0 bridgehead atoms. The van der Waals surface area contributed by atoms with E-state index in [1.54, 1.807) is 18.2 Å². The molecule has 0 spiro atoms. The van der Waals surface area contributed by atoms with Crippen LogP contribution in [0.3, 0.4) is 0 Å². The number of ether oxygens (including phenoxy) is 1. The summed E-state index contributed by atoms with van der Waals surface area (Å²) in [6.45, 7) is 4.73. The van der Waals surface area contributed by atoms with Crippen molar-refractivity contribution in [3.63, 3.8) is 0 Å². The van der Waals surface area contributed by atoms with Gasteiger partial charge in [0.15, 0.2) is 0 Å². The molecule has 7 heteroatoms. The number of benzene rings is 2. The smallest absolute Gasteiger partial charge is 0.420 e. The van der Waals surface area contributed by atoms with Crippen LogP contribution in [0.1, 0.15) is 69.4 Å². The van der Waals surface area contributed by atoms with E-state index in [4.69, 9.17) is 9.84 Å². The topological polar surface area (TPSA) is 49.8 Å². The van der Waals surface area contributed by atoms with Crippen LogP contribution in [0.2, 0.25) is 0 Å². The number of piperidine rings is 1. The third-order valence-electron chi connectivity index (χ3n) is 7.59. The van der Waals surface area contributed by atoms with Crippen molar-refractivity contribution in [2.75, 3.05) is 19.6 Å². The fraction of sp³-hybridized carbons (Fsp3) is 0.607. The first-order chi connectivity index (χ1) is 16.7. The number of fused-ring (bicyclic) bond motifs is 1. The number of rotatable bonds is 8. The second-order valence-electron chi connectivity index (χ2n) is 10.5. The number of halogens is 3. The van der Waals surface area contributed by atoms with E-state index < -0.39 is 17.7 Å². The van der Waals surface area contributed by atoms with Crippen molar-refractivity contribution < 1.29 is 27.8 Å². The minimum Gasteiger partial charge on any atom is -0.490 e. The highest BCUT2D eigenvalue weighted by Gasteiger charge is 2.37. The third kappa shape index (κ3) is 6.90. The minimum atomic E-state index is -4.50. The lowest BCUT2D eigenvalue weighted by Crippen LogP contribution is -2.37. The number of alkyl halides is 3. The SMILES string of the molecule is CC1CCC(Oc2ccc3ccc(CCCN4CCCC(CC(=O)O)C4)cc3c2C(F)(F)F)CC1. The third-order valence-corrected chi connectivity index (χ3v) is 7.59. The molecule has 1 aliphatic heterocycles. The first-order valence-corrected chi connectivity index (χ1v) is 12.9. The van der Waals surface area contributed by atoms with Gasteiger partial charge in [-0.05, 0) is 98.7 Å². The monoisotopic (exact) mass is 491 g/mol. The summed E-state index contributed by atoms with van der Waals surface area (Å²) in [5.41, 5.74) is 0.216. The molecule has 1 saturated carbocycles. The highest BCUT2D eigenvalue weighted by Crippen LogP contribution is 2.43. The molecule has 1 aliphatic carbocycles. The molecule has 0 amide bonds. The van der Waals surface area contributed by atoms with Gasteiger partial charge in [0.05, 0.1) is 6.10 Å². The molecule has 192 valence electrons. The predicted molar refractivity (Wildman–Crippen MR) is 131 cm³/mol. The fourth-order valence-corrected chi connectivity index (χ4v) is 5.69. The molecule has 1 N–H and O–H groups in total. The number of hydrogen-bond acceptors (Lipinski definition) is 3. The zero-order valence-corrected chi connectivity index (χ0v) is 20.4. The molecule has 0 aromatic heterocycles. The second-order valence-corrected chi connectivity index (χ2v) is 10.5. The van der Waals surface area contributed by atoms with E-state index in [0.717, 1.165) is 70.1 Å². The Balaban J connectivity index is 1.46. The van der Waals surface area contributed by atoms with Crippen molar-refractivity contribution in [1.29, 1.82) is 0 Å². The lowest BCUT2D eigenvalue weighted by Gasteiger charge is -2.32. The van der Waals surface area contributed by atoms with E-state index in [1.165, 1.54) is 6.07 Å². The predicted octanol–water partition coefficient (Wildman–Crippen LogP) is 6.94. The molecule has 35 heavy (non-hydrogen) atoms. The Hall–Kier alpha value is -2.28. The van der Waals surface area contributed by atoms with Gasteiger partial charge in [-0.1, -0.05) is 31.2 Å². The summed E-state index contributed by atoms with van der Waals surface area (Å²) in [5.74, 6) is -0.0273. The molecule has 4 nitrogen and oxygen atoms in total. The van der Waals surface area contributed by atoms with E-state index in [9.17, 15) is 18.0 Å². The molecule has 2 aromatic carbocycles. The Morgan fingerprint density at radius 1 is 1.11 bits per heavy atom. The molecular formula is C28H36F3NO3.